The van der Waals surface area contributed by atoms with Crippen LogP contribution in [0.3, 0.4) is 0 Å². The van der Waals surface area contributed by atoms with Gasteiger partial charge < -0.3 is 10.6 Å². The maximum Gasteiger partial charge on any atom is 0.242 e. The lowest BCUT2D eigenvalue weighted by atomic mass is 9.78. The Labute approximate surface area is 195 Å². The van der Waals surface area contributed by atoms with Gasteiger partial charge in [-0.3, -0.25) is 9.59 Å². The van der Waals surface area contributed by atoms with E-state index in [0.717, 1.165) is 24.8 Å². The summed E-state index contributed by atoms with van der Waals surface area (Å²) in [6.45, 7) is 4.33. The first kappa shape index (κ1) is 23.4. The molecule has 0 saturated heterocycles. The maximum absolute atomic E-state index is 13.4. The second-order valence-electron chi connectivity index (χ2n) is 9.21. The smallest absolute Gasteiger partial charge is 0.242 e. The van der Waals surface area contributed by atoms with Crippen LogP contribution in [0.4, 0.5) is 5.69 Å². The summed E-state index contributed by atoms with van der Waals surface area (Å²) >= 11 is 0. The number of fused-ring (bicyclic) bond motifs is 1. The molecule has 1 fully saturated rings. The van der Waals surface area contributed by atoms with Crippen molar-refractivity contribution in [3.05, 3.63) is 59.7 Å². The topological polar surface area (TPSA) is 104 Å². The Morgan fingerprint density at radius 2 is 1.82 bits per heavy atom. The van der Waals surface area contributed by atoms with E-state index in [1.54, 1.807) is 36.4 Å². The van der Waals surface area contributed by atoms with Crippen molar-refractivity contribution in [3.8, 4) is 0 Å². The van der Waals surface area contributed by atoms with Crippen LogP contribution < -0.4 is 15.4 Å². The van der Waals surface area contributed by atoms with E-state index in [0.29, 0.717) is 35.9 Å². The highest BCUT2D eigenvalue weighted by atomic mass is 32.2. The van der Waals surface area contributed by atoms with Gasteiger partial charge in [0.1, 0.15) is 6.04 Å². The lowest BCUT2D eigenvalue weighted by molar-refractivity contribution is -0.124. The summed E-state index contributed by atoms with van der Waals surface area (Å²) in [6.07, 6.45) is 3.87. The Morgan fingerprint density at radius 3 is 2.58 bits per heavy atom. The number of hydrogen-bond donors (Lipinski definition) is 3. The molecule has 0 radical (unpaired) electrons. The van der Waals surface area contributed by atoms with Gasteiger partial charge in [0.15, 0.2) is 0 Å². The summed E-state index contributed by atoms with van der Waals surface area (Å²) in [6, 6.07) is 12.5. The number of amides is 2. The van der Waals surface area contributed by atoms with Gasteiger partial charge >= 0.3 is 0 Å². The van der Waals surface area contributed by atoms with Crippen molar-refractivity contribution in [1.29, 1.82) is 0 Å². The molecule has 1 aliphatic heterocycles. The van der Waals surface area contributed by atoms with E-state index in [2.05, 4.69) is 29.2 Å². The number of carbonyl (C=O) groups excluding carboxylic acids is 2. The van der Waals surface area contributed by atoms with Gasteiger partial charge in [-0.15, -0.1) is 0 Å². The standard InChI is InChI=1S/C25H31N3O4S/c1-16-7-6-10-21(17(16)2)27-25(30)24(18-8-4-3-5-9-18)28-33(31,32)20-12-13-22-19(15-20)11-14-23(29)26-22/h3-5,8-9,12-13,15-17,21,24,28H,6-7,10-11,14H2,1-2H3,(H,26,29)(H,27,30)/t16-,17-,21+,24+/m1/s1. The largest absolute Gasteiger partial charge is 0.351 e. The van der Waals surface area contributed by atoms with Crippen LogP contribution in [0.15, 0.2) is 53.4 Å². The fourth-order valence-corrected chi connectivity index (χ4v) is 5.95. The van der Waals surface area contributed by atoms with E-state index in [-0.39, 0.29) is 22.8 Å². The zero-order valence-electron chi connectivity index (χ0n) is 19.0. The Hall–Kier alpha value is -2.71. The molecule has 4 rings (SSSR count). The zero-order valence-corrected chi connectivity index (χ0v) is 19.8. The van der Waals surface area contributed by atoms with Crippen LogP contribution in [0.25, 0.3) is 0 Å². The SMILES string of the molecule is C[C@@H]1[C@H](C)CCC[C@@H]1NC(=O)[C@@H](NS(=O)(=O)c1ccc2c(c1)CCC(=O)N2)c1ccccc1. The van der Waals surface area contributed by atoms with E-state index in [1.165, 1.54) is 6.07 Å². The molecule has 7 nitrogen and oxygen atoms in total. The number of sulfonamides is 1. The van der Waals surface area contributed by atoms with Gasteiger partial charge in [0.2, 0.25) is 21.8 Å². The molecule has 1 saturated carbocycles. The molecule has 2 aromatic carbocycles. The Bertz CT molecular complexity index is 1130. The maximum atomic E-state index is 13.4. The average molecular weight is 470 g/mol. The van der Waals surface area contributed by atoms with Crippen LogP contribution in [0.1, 0.15) is 56.7 Å². The molecule has 1 heterocycles. The summed E-state index contributed by atoms with van der Waals surface area (Å²) < 4.78 is 29.2. The van der Waals surface area contributed by atoms with Crippen LogP contribution in [0.2, 0.25) is 0 Å². The first-order chi connectivity index (χ1) is 15.7. The third-order valence-electron chi connectivity index (χ3n) is 6.99. The molecule has 8 heteroatoms. The predicted molar refractivity (Wildman–Crippen MR) is 127 cm³/mol. The number of aryl methyl sites for hydroxylation is 1. The van der Waals surface area contributed by atoms with E-state index in [9.17, 15) is 18.0 Å². The minimum Gasteiger partial charge on any atom is -0.351 e. The van der Waals surface area contributed by atoms with Gasteiger partial charge in [-0.05, 0) is 54.0 Å². The molecule has 2 aromatic rings. The highest BCUT2D eigenvalue weighted by molar-refractivity contribution is 7.89. The highest BCUT2D eigenvalue weighted by Gasteiger charge is 2.33. The first-order valence-corrected chi connectivity index (χ1v) is 13.0. The van der Waals surface area contributed by atoms with Crippen molar-refractivity contribution < 1.29 is 18.0 Å². The molecule has 0 bridgehead atoms. The van der Waals surface area contributed by atoms with Gasteiger partial charge in [-0.1, -0.05) is 57.0 Å². The zero-order chi connectivity index (χ0) is 23.6. The van der Waals surface area contributed by atoms with Gasteiger partial charge in [0.05, 0.1) is 4.90 Å². The molecule has 0 unspecified atom stereocenters. The van der Waals surface area contributed by atoms with Crippen LogP contribution >= 0.6 is 0 Å². The Kier molecular flexibility index (Phi) is 6.86. The third kappa shape index (κ3) is 5.28. The van der Waals surface area contributed by atoms with Crippen LogP contribution in [0, 0.1) is 11.8 Å². The molecule has 1 aliphatic carbocycles. The molecule has 0 spiro atoms. The van der Waals surface area contributed by atoms with E-state index < -0.39 is 16.1 Å². The third-order valence-corrected chi connectivity index (χ3v) is 8.41. The molecule has 33 heavy (non-hydrogen) atoms. The van der Waals surface area contributed by atoms with Crippen molar-refractivity contribution in [1.82, 2.24) is 10.0 Å². The molecular formula is C25H31N3O4S. The van der Waals surface area contributed by atoms with Crippen LogP contribution in [-0.2, 0) is 26.0 Å². The summed E-state index contributed by atoms with van der Waals surface area (Å²) in [5.41, 5.74) is 1.98. The normalized spacial score (nSPS) is 23.8. The molecule has 3 N–H and O–H groups in total. The van der Waals surface area contributed by atoms with Crippen molar-refractivity contribution in [2.24, 2.45) is 11.8 Å². The Morgan fingerprint density at radius 1 is 1.06 bits per heavy atom. The first-order valence-electron chi connectivity index (χ1n) is 11.5. The summed E-state index contributed by atoms with van der Waals surface area (Å²) in [5.74, 6) is 0.405. The van der Waals surface area contributed by atoms with Crippen molar-refractivity contribution in [2.75, 3.05) is 5.32 Å². The fraction of sp³-hybridized carbons (Fsp3) is 0.440. The number of rotatable bonds is 6. The molecule has 4 atom stereocenters. The highest BCUT2D eigenvalue weighted by Crippen LogP contribution is 2.30. The number of anilines is 1. The molecule has 0 aromatic heterocycles. The van der Waals surface area contributed by atoms with Crippen LogP contribution in [0.5, 0.6) is 0 Å². The Balaban J connectivity index is 1.59. The quantitative estimate of drug-likeness (QED) is 0.602. The van der Waals surface area contributed by atoms with Crippen LogP contribution in [-0.4, -0.2) is 26.3 Å². The molecular weight excluding hydrogens is 438 g/mol. The van der Waals surface area contributed by atoms with Gasteiger partial charge in [-0.25, -0.2) is 8.42 Å². The molecule has 2 aliphatic rings. The minimum atomic E-state index is -3.99. The number of nitrogens with one attached hydrogen (secondary N) is 3. The van der Waals surface area contributed by atoms with Crippen molar-refractivity contribution in [2.45, 2.75) is 62.9 Å². The van der Waals surface area contributed by atoms with E-state index >= 15 is 0 Å². The lowest BCUT2D eigenvalue weighted by Crippen LogP contribution is -2.48. The fourth-order valence-electron chi connectivity index (χ4n) is 4.72. The summed E-state index contributed by atoms with van der Waals surface area (Å²) in [4.78, 5) is 25.0. The second kappa shape index (κ2) is 9.65. The van der Waals surface area contributed by atoms with Crippen molar-refractivity contribution in [3.63, 3.8) is 0 Å². The minimum absolute atomic E-state index is 0.0179. The van der Waals surface area contributed by atoms with Crippen molar-refractivity contribution >= 4 is 27.5 Å². The number of benzene rings is 2. The second-order valence-corrected chi connectivity index (χ2v) is 10.9. The predicted octanol–water partition coefficient (Wildman–Crippen LogP) is 3.53. The monoisotopic (exact) mass is 469 g/mol. The summed E-state index contributed by atoms with van der Waals surface area (Å²) in [5, 5.41) is 5.87. The van der Waals surface area contributed by atoms with Gasteiger partial charge in [-0.2, -0.15) is 4.72 Å². The van der Waals surface area contributed by atoms with Gasteiger partial charge in [0, 0.05) is 18.2 Å². The number of hydrogen-bond acceptors (Lipinski definition) is 4. The van der Waals surface area contributed by atoms with E-state index in [1.807, 2.05) is 6.07 Å². The average Bonchev–Trinajstić information content (AvgIpc) is 2.80. The van der Waals surface area contributed by atoms with E-state index in [4.69, 9.17) is 0 Å². The number of carbonyl (C=O) groups is 2. The molecule has 2 amide bonds. The van der Waals surface area contributed by atoms with Gasteiger partial charge in [0.25, 0.3) is 0 Å². The lowest BCUT2D eigenvalue weighted by Gasteiger charge is -2.35. The molecule has 176 valence electrons. The summed E-state index contributed by atoms with van der Waals surface area (Å²) in [7, 11) is -3.99.